The first kappa shape index (κ1) is 12.4. The van der Waals surface area contributed by atoms with Crippen molar-refractivity contribution in [2.75, 3.05) is 19.8 Å². The molecule has 3 nitrogen and oxygen atoms in total. The fraction of sp³-hybridized carbons (Fsp3) is 0.571. The molecule has 0 aromatic heterocycles. The highest BCUT2D eigenvalue weighted by Crippen LogP contribution is 2.34. The number of para-hydroxylation sites is 1. The minimum Gasteiger partial charge on any atom is -0.493 e. The van der Waals surface area contributed by atoms with Crippen molar-refractivity contribution < 1.29 is 9.84 Å². The zero-order valence-corrected chi connectivity index (χ0v) is 10.5. The molecule has 0 spiro atoms. The van der Waals surface area contributed by atoms with Gasteiger partial charge >= 0.3 is 0 Å². The highest BCUT2D eigenvalue weighted by molar-refractivity contribution is 5.37. The van der Waals surface area contributed by atoms with E-state index >= 15 is 0 Å². The lowest BCUT2D eigenvalue weighted by Crippen LogP contribution is -2.36. The molecule has 3 unspecified atom stereocenters. The van der Waals surface area contributed by atoms with E-state index in [-0.39, 0.29) is 12.5 Å². The van der Waals surface area contributed by atoms with E-state index in [9.17, 15) is 0 Å². The number of hydrogen-bond acceptors (Lipinski definition) is 3. The Bertz CT molecular complexity index is 367. The normalized spacial score (nSPS) is 24.9. The number of aliphatic hydroxyl groups excluding tert-OH is 1. The molecule has 1 aliphatic rings. The summed E-state index contributed by atoms with van der Waals surface area (Å²) in [7, 11) is 0. The summed E-state index contributed by atoms with van der Waals surface area (Å²) in [6, 6.07) is 8.51. The van der Waals surface area contributed by atoms with Gasteiger partial charge < -0.3 is 15.2 Å². The van der Waals surface area contributed by atoms with Crippen molar-refractivity contribution in [3.8, 4) is 5.75 Å². The number of benzene rings is 1. The lowest BCUT2D eigenvalue weighted by molar-refractivity contribution is 0.176. The Morgan fingerprint density at radius 1 is 1.47 bits per heavy atom. The molecule has 3 atom stereocenters. The zero-order chi connectivity index (χ0) is 12.3. The predicted octanol–water partition coefficient (Wildman–Crippen LogP) is 1.97. The van der Waals surface area contributed by atoms with Crippen LogP contribution in [0.5, 0.6) is 5.75 Å². The quantitative estimate of drug-likeness (QED) is 0.838. The Kier molecular flexibility index (Phi) is 4.02. The summed E-state index contributed by atoms with van der Waals surface area (Å²) in [5.41, 5.74) is 1.23. The van der Waals surface area contributed by atoms with Crippen LogP contribution in [0, 0.1) is 11.8 Å². The largest absolute Gasteiger partial charge is 0.493 e. The molecule has 3 heteroatoms. The Balaban J connectivity index is 2.10. The molecule has 94 valence electrons. The molecule has 2 N–H and O–H groups in total. The first-order valence-electron chi connectivity index (χ1n) is 6.28. The van der Waals surface area contributed by atoms with Crippen molar-refractivity contribution >= 4 is 0 Å². The van der Waals surface area contributed by atoms with Crippen molar-refractivity contribution in [1.29, 1.82) is 0 Å². The van der Waals surface area contributed by atoms with Crippen LogP contribution < -0.4 is 10.1 Å². The molecule has 0 aliphatic carbocycles. The van der Waals surface area contributed by atoms with E-state index < -0.39 is 0 Å². The van der Waals surface area contributed by atoms with Crippen LogP contribution in [0.3, 0.4) is 0 Å². The maximum Gasteiger partial charge on any atom is 0.124 e. The molecule has 0 saturated carbocycles. The van der Waals surface area contributed by atoms with Crippen molar-refractivity contribution in [3.63, 3.8) is 0 Å². The lowest BCUT2D eigenvalue weighted by Gasteiger charge is -2.32. The van der Waals surface area contributed by atoms with E-state index in [2.05, 4.69) is 18.3 Å². The molecule has 0 bridgehead atoms. The SMILES string of the molecule is CC(CO)CNC1c2ccccc2OCC1C. The maximum absolute atomic E-state index is 9.06. The molecule has 17 heavy (non-hydrogen) atoms. The molecule has 0 amide bonds. The number of rotatable bonds is 4. The van der Waals surface area contributed by atoms with Gasteiger partial charge in [0, 0.05) is 30.7 Å². The van der Waals surface area contributed by atoms with Crippen molar-refractivity contribution in [3.05, 3.63) is 29.8 Å². The van der Waals surface area contributed by atoms with Crippen LogP contribution in [0.25, 0.3) is 0 Å². The third-order valence-electron chi connectivity index (χ3n) is 3.32. The van der Waals surface area contributed by atoms with Crippen LogP contribution in [-0.2, 0) is 0 Å². The number of nitrogens with one attached hydrogen (secondary N) is 1. The monoisotopic (exact) mass is 235 g/mol. The molecule has 1 aromatic rings. The third-order valence-corrected chi connectivity index (χ3v) is 3.32. The van der Waals surface area contributed by atoms with Gasteiger partial charge in [0.05, 0.1) is 6.61 Å². The maximum atomic E-state index is 9.06. The van der Waals surface area contributed by atoms with Crippen LogP contribution >= 0.6 is 0 Å². The number of hydrogen-bond donors (Lipinski definition) is 2. The summed E-state index contributed by atoms with van der Waals surface area (Å²) >= 11 is 0. The number of fused-ring (bicyclic) bond motifs is 1. The molecular weight excluding hydrogens is 214 g/mol. The first-order valence-corrected chi connectivity index (χ1v) is 6.28. The Morgan fingerprint density at radius 2 is 2.24 bits per heavy atom. The van der Waals surface area contributed by atoms with Gasteiger partial charge in [0.1, 0.15) is 5.75 Å². The highest BCUT2D eigenvalue weighted by Gasteiger charge is 2.27. The molecule has 1 aliphatic heterocycles. The Hall–Kier alpha value is -1.06. The zero-order valence-electron chi connectivity index (χ0n) is 10.5. The smallest absolute Gasteiger partial charge is 0.124 e. The standard InChI is InChI=1S/C14H21NO2/c1-10(8-16)7-15-14-11(2)9-17-13-6-4-3-5-12(13)14/h3-6,10-11,14-16H,7-9H2,1-2H3. The van der Waals surface area contributed by atoms with Crippen LogP contribution in [0.2, 0.25) is 0 Å². The van der Waals surface area contributed by atoms with Gasteiger partial charge in [-0.25, -0.2) is 0 Å². The minimum atomic E-state index is 0.228. The number of aliphatic hydroxyl groups is 1. The fourth-order valence-electron chi connectivity index (χ4n) is 2.20. The summed E-state index contributed by atoms with van der Waals surface area (Å²) in [4.78, 5) is 0. The molecule has 0 saturated heterocycles. The second-order valence-corrected chi connectivity index (χ2v) is 5.00. The molecule has 0 fully saturated rings. The van der Waals surface area contributed by atoms with Gasteiger partial charge in [-0.05, 0) is 12.0 Å². The van der Waals surface area contributed by atoms with Crippen molar-refractivity contribution in [2.24, 2.45) is 11.8 Å². The van der Waals surface area contributed by atoms with Gasteiger partial charge in [0.15, 0.2) is 0 Å². The average molecular weight is 235 g/mol. The number of ether oxygens (including phenoxy) is 1. The van der Waals surface area contributed by atoms with Crippen LogP contribution in [0.15, 0.2) is 24.3 Å². The van der Waals surface area contributed by atoms with Gasteiger partial charge in [-0.3, -0.25) is 0 Å². The van der Waals surface area contributed by atoms with E-state index in [0.717, 1.165) is 18.9 Å². The van der Waals surface area contributed by atoms with Gasteiger partial charge in [-0.2, -0.15) is 0 Å². The van der Waals surface area contributed by atoms with Crippen LogP contribution in [-0.4, -0.2) is 24.9 Å². The average Bonchev–Trinajstić information content (AvgIpc) is 2.37. The fourth-order valence-corrected chi connectivity index (χ4v) is 2.20. The summed E-state index contributed by atoms with van der Waals surface area (Å²) in [5.74, 6) is 1.73. The van der Waals surface area contributed by atoms with Gasteiger partial charge in [-0.1, -0.05) is 32.0 Å². The second-order valence-electron chi connectivity index (χ2n) is 5.00. The molecule has 1 aromatic carbocycles. The molecule has 0 radical (unpaired) electrons. The van der Waals surface area contributed by atoms with E-state index in [1.54, 1.807) is 0 Å². The second kappa shape index (κ2) is 5.52. The molecule has 1 heterocycles. The Labute approximate surface area is 103 Å². The summed E-state index contributed by atoms with van der Waals surface area (Å²) in [5, 5.41) is 12.6. The van der Waals surface area contributed by atoms with Gasteiger partial charge in [0.2, 0.25) is 0 Å². The predicted molar refractivity (Wildman–Crippen MR) is 68.1 cm³/mol. The van der Waals surface area contributed by atoms with Crippen LogP contribution in [0.4, 0.5) is 0 Å². The summed E-state index contributed by atoms with van der Waals surface area (Å²) in [6.07, 6.45) is 0. The summed E-state index contributed by atoms with van der Waals surface area (Å²) < 4.78 is 5.71. The van der Waals surface area contributed by atoms with E-state index in [4.69, 9.17) is 9.84 Å². The van der Waals surface area contributed by atoms with Crippen molar-refractivity contribution in [1.82, 2.24) is 5.32 Å². The minimum absolute atomic E-state index is 0.228. The van der Waals surface area contributed by atoms with E-state index in [1.807, 2.05) is 25.1 Å². The lowest BCUT2D eigenvalue weighted by atomic mass is 9.91. The molecule has 2 rings (SSSR count). The van der Waals surface area contributed by atoms with Crippen molar-refractivity contribution in [2.45, 2.75) is 19.9 Å². The van der Waals surface area contributed by atoms with Crippen LogP contribution in [0.1, 0.15) is 25.5 Å². The summed E-state index contributed by atoms with van der Waals surface area (Å²) in [6.45, 7) is 6.05. The van der Waals surface area contributed by atoms with E-state index in [1.165, 1.54) is 5.56 Å². The first-order chi connectivity index (χ1) is 8.22. The van der Waals surface area contributed by atoms with E-state index in [0.29, 0.717) is 12.0 Å². The Morgan fingerprint density at radius 3 is 3.00 bits per heavy atom. The van der Waals surface area contributed by atoms with Gasteiger partial charge in [-0.15, -0.1) is 0 Å². The third kappa shape index (κ3) is 2.79. The highest BCUT2D eigenvalue weighted by atomic mass is 16.5. The van der Waals surface area contributed by atoms with Gasteiger partial charge in [0.25, 0.3) is 0 Å². The molecular formula is C14H21NO2. The topological polar surface area (TPSA) is 41.5 Å².